The fourth-order valence-electron chi connectivity index (χ4n) is 2.26. The minimum Gasteiger partial charge on any atom is -0.302 e. The van der Waals surface area contributed by atoms with Gasteiger partial charge in [-0.15, -0.1) is 0 Å². The highest BCUT2D eigenvalue weighted by molar-refractivity contribution is 9.09. The summed E-state index contributed by atoms with van der Waals surface area (Å²) in [6.07, 6.45) is 2.44. The zero-order valence-corrected chi connectivity index (χ0v) is 12.1. The molecule has 0 atom stereocenters. The van der Waals surface area contributed by atoms with E-state index in [0.29, 0.717) is 22.0 Å². The molecule has 17 heavy (non-hydrogen) atoms. The van der Waals surface area contributed by atoms with Crippen molar-refractivity contribution >= 4 is 27.5 Å². The van der Waals surface area contributed by atoms with Crippen molar-refractivity contribution < 1.29 is 4.39 Å². The monoisotopic (exact) mass is 319 g/mol. The van der Waals surface area contributed by atoms with E-state index < -0.39 is 0 Å². The van der Waals surface area contributed by atoms with Crippen molar-refractivity contribution in [1.29, 1.82) is 0 Å². The van der Waals surface area contributed by atoms with Crippen LogP contribution >= 0.6 is 27.5 Å². The van der Waals surface area contributed by atoms with Crippen molar-refractivity contribution in [1.82, 2.24) is 4.90 Å². The predicted molar refractivity (Wildman–Crippen MR) is 73.2 cm³/mol. The van der Waals surface area contributed by atoms with Crippen molar-refractivity contribution in [2.45, 2.75) is 24.2 Å². The number of hydrogen-bond donors (Lipinski definition) is 0. The van der Waals surface area contributed by atoms with Crippen molar-refractivity contribution in [3.8, 4) is 0 Å². The van der Waals surface area contributed by atoms with Crippen molar-refractivity contribution in [2.24, 2.45) is 5.92 Å². The van der Waals surface area contributed by atoms with Crippen molar-refractivity contribution in [3.63, 3.8) is 0 Å². The molecule has 0 aromatic heterocycles. The summed E-state index contributed by atoms with van der Waals surface area (Å²) in [5, 5.41) is 0.517. The molecule has 94 valence electrons. The number of hydrogen-bond acceptors (Lipinski definition) is 1. The SMILES string of the molecule is CN(Cc1c(F)cccc1Cl)CC1CC(Br)C1. The van der Waals surface area contributed by atoms with Gasteiger partial charge >= 0.3 is 0 Å². The fraction of sp³-hybridized carbons (Fsp3) is 0.538. The zero-order chi connectivity index (χ0) is 12.4. The highest BCUT2D eigenvalue weighted by atomic mass is 79.9. The van der Waals surface area contributed by atoms with Crippen LogP contribution in [0.15, 0.2) is 18.2 Å². The standard InChI is InChI=1S/C13H16BrClFN/c1-17(7-9-5-10(14)6-9)8-11-12(15)3-2-4-13(11)16/h2-4,9-10H,5-8H2,1H3. The van der Waals surface area contributed by atoms with Gasteiger partial charge in [0.1, 0.15) is 5.82 Å². The molecule has 1 aliphatic carbocycles. The number of rotatable bonds is 4. The van der Waals surface area contributed by atoms with Gasteiger partial charge in [-0.1, -0.05) is 33.6 Å². The molecule has 0 aliphatic heterocycles. The highest BCUT2D eigenvalue weighted by Gasteiger charge is 2.27. The molecule has 4 heteroatoms. The molecule has 1 fully saturated rings. The molecule has 0 bridgehead atoms. The fourth-order valence-corrected chi connectivity index (χ4v) is 3.54. The Labute approximate surface area is 115 Å². The van der Waals surface area contributed by atoms with Gasteiger partial charge in [0.2, 0.25) is 0 Å². The third kappa shape index (κ3) is 3.43. The first-order chi connectivity index (χ1) is 8.06. The minimum atomic E-state index is -0.212. The van der Waals surface area contributed by atoms with Crippen LogP contribution in [0.3, 0.4) is 0 Å². The Balaban J connectivity index is 1.91. The Morgan fingerprint density at radius 3 is 2.76 bits per heavy atom. The molecule has 1 aromatic rings. The molecule has 1 nitrogen and oxygen atoms in total. The van der Waals surface area contributed by atoms with E-state index in [4.69, 9.17) is 11.6 Å². The predicted octanol–water partition coefficient (Wildman–Crippen LogP) is 4.08. The van der Waals surface area contributed by atoms with Gasteiger partial charge in [0.25, 0.3) is 0 Å². The lowest BCUT2D eigenvalue weighted by Crippen LogP contribution is -2.34. The molecule has 1 aliphatic rings. The number of halogens is 3. The van der Waals surface area contributed by atoms with Gasteiger partial charge in [0.05, 0.1) is 0 Å². The lowest BCUT2D eigenvalue weighted by molar-refractivity contribution is 0.206. The van der Waals surface area contributed by atoms with Crippen LogP contribution in [-0.2, 0) is 6.54 Å². The van der Waals surface area contributed by atoms with Crippen LogP contribution in [0.4, 0.5) is 4.39 Å². The van der Waals surface area contributed by atoms with E-state index in [2.05, 4.69) is 20.8 Å². The molecular weight excluding hydrogens is 305 g/mol. The van der Waals surface area contributed by atoms with Gasteiger partial charge in [-0.25, -0.2) is 4.39 Å². The average molecular weight is 321 g/mol. The molecule has 0 saturated heterocycles. The molecule has 0 amide bonds. The molecule has 1 aromatic carbocycles. The third-order valence-electron chi connectivity index (χ3n) is 3.24. The first-order valence-electron chi connectivity index (χ1n) is 5.81. The van der Waals surface area contributed by atoms with Gasteiger partial charge in [-0.2, -0.15) is 0 Å². The van der Waals surface area contributed by atoms with E-state index in [-0.39, 0.29) is 5.82 Å². The second-order valence-electron chi connectivity index (χ2n) is 4.83. The van der Waals surface area contributed by atoms with Crippen LogP contribution < -0.4 is 0 Å². The molecule has 0 heterocycles. The van der Waals surface area contributed by atoms with Gasteiger partial charge in [-0.3, -0.25) is 0 Å². The largest absolute Gasteiger partial charge is 0.302 e. The third-order valence-corrected chi connectivity index (χ3v) is 4.34. The summed E-state index contributed by atoms with van der Waals surface area (Å²) in [7, 11) is 2.02. The Morgan fingerprint density at radius 1 is 1.47 bits per heavy atom. The van der Waals surface area contributed by atoms with Crippen molar-refractivity contribution in [2.75, 3.05) is 13.6 Å². The van der Waals surface area contributed by atoms with E-state index in [0.717, 1.165) is 12.5 Å². The smallest absolute Gasteiger partial charge is 0.129 e. The summed E-state index contributed by atoms with van der Waals surface area (Å²) >= 11 is 9.59. The summed E-state index contributed by atoms with van der Waals surface area (Å²) in [6.45, 7) is 1.59. The molecule has 2 rings (SSSR count). The first kappa shape index (κ1) is 13.3. The van der Waals surface area contributed by atoms with Crippen LogP contribution in [0, 0.1) is 11.7 Å². The Bertz CT molecular complexity index is 373. The van der Waals surface area contributed by atoms with Crippen LogP contribution in [0.25, 0.3) is 0 Å². The van der Waals surface area contributed by atoms with Crippen LogP contribution in [-0.4, -0.2) is 23.3 Å². The van der Waals surface area contributed by atoms with Gasteiger partial charge in [0.15, 0.2) is 0 Å². The number of nitrogens with zero attached hydrogens (tertiary/aromatic N) is 1. The normalized spacial score (nSPS) is 23.8. The summed E-state index contributed by atoms with van der Waals surface area (Å²) < 4.78 is 13.6. The van der Waals surface area contributed by atoms with E-state index in [9.17, 15) is 4.39 Å². The lowest BCUT2D eigenvalue weighted by Gasteiger charge is -2.34. The van der Waals surface area contributed by atoms with Gasteiger partial charge < -0.3 is 4.90 Å². The maximum absolute atomic E-state index is 13.6. The molecule has 0 unspecified atom stereocenters. The lowest BCUT2D eigenvalue weighted by atomic mass is 9.85. The van der Waals surface area contributed by atoms with E-state index in [1.165, 1.54) is 18.9 Å². The maximum atomic E-state index is 13.6. The number of benzene rings is 1. The first-order valence-corrected chi connectivity index (χ1v) is 7.11. The highest BCUT2D eigenvalue weighted by Crippen LogP contribution is 2.34. The average Bonchev–Trinajstić information content (AvgIpc) is 2.21. The molecule has 0 spiro atoms. The van der Waals surface area contributed by atoms with Crippen LogP contribution in [0.2, 0.25) is 5.02 Å². The van der Waals surface area contributed by atoms with Crippen LogP contribution in [0.5, 0.6) is 0 Å². The van der Waals surface area contributed by atoms with E-state index >= 15 is 0 Å². The maximum Gasteiger partial charge on any atom is 0.129 e. The minimum absolute atomic E-state index is 0.212. The quantitative estimate of drug-likeness (QED) is 0.756. The van der Waals surface area contributed by atoms with E-state index in [1.807, 2.05) is 7.05 Å². The second-order valence-corrected chi connectivity index (χ2v) is 6.53. The Hall–Kier alpha value is -0.120. The van der Waals surface area contributed by atoms with Crippen molar-refractivity contribution in [3.05, 3.63) is 34.6 Å². The summed E-state index contributed by atoms with van der Waals surface area (Å²) in [5.74, 6) is 0.520. The van der Waals surface area contributed by atoms with Gasteiger partial charge in [-0.05, 0) is 37.9 Å². The topological polar surface area (TPSA) is 3.24 Å². The molecule has 0 radical (unpaired) electrons. The second kappa shape index (κ2) is 5.68. The molecular formula is C13H16BrClFN. The molecule has 1 saturated carbocycles. The summed E-state index contributed by atoms with van der Waals surface area (Å²) in [5.41, 5.74) is 0.603. The molecule has 0 N–H and O–H groups in total. The van der Waals surface area contributed by atoms with Crippen LogP contribution in [0.1, 0.15) is 18.4 Å². The summed E-state index contributed by atoms with van der Waals surface area (Å²) in [4.78, 5) is 2.83. The zero-order valence-electron chi connectivity index (χ0n) is 9.80. The Kier molecular flexibility index (Phi) is 4.45. The number of alkyl halides is 1. The van der Waals surface area contributed by atoms with Gasteiger partial charge in [0, 0.05) is 28.5 Å². The summed E-state index contributed by atoms with van der Waals surface area (Å²) in [6, 6.07) is 4.85. The Morgan fingerprint density at radius 2 is 2.18 bits per heavy atom. The van der Waals surface area contributed by atoms with E-state index in [1.54, 1.807) is 12.1 Å².